The maximum atomic E-state index is 7.68. The number of nitrogens with zero attached hydrogens (tertiary/aromatic N) is 1. The van der Waals surface area contributed by atoms with E-state index in [0.29, 0.717) is 12.4 Å². The summed E-state index contributed by atoms with van der Waals surface area (Å²) < 4.78 is 5.22. The van der Waals surface area contributed by atoms with Gasteiger partial charge in [0.05, 0.1) is 18.6 Å². The van der Waals surface area contributed by atoms with Gasteiger partial charge in [-0.05, 0) is 19.1 Å². The van der Waals surface area contributed by atoms with Crippen molar-refractivity contribution in [2.45, 2.75) is 26.8 Å². The summed E-state index contributed by atoms with van der Waals surface area (Å²) in [7, 11) is 0. The quantitative estimate of drug-likeness (QED) is 0.571. The smallest absolute Gasteiger partial charge is 0.123 e. The van der Waals surface area contributed by atoms with Gasteiger partial charge < -0.3 is 9.32 Å². The van der Waals surface area contributed by atoms with Gasteiger partial charge >= 0.3 is 0 Å². The topological polar surface area (TPSA) is 40.2 Å². The van der Waals surface area contributed by atoms with E-state index in [2.05, 4.69) is 0 Å². The molecule has 0 aliphatic carbocycles. The first-order chi connectivity index (χ1) is 6.27. The predicted octanol–water partition coefficient (Wildman–Crippen LogP) is 2.49. The van der Waals surface area contributed by atoms with E-state index in [0.717, 1.165) is 18.7 Å². The average molecular weight is 180 g/mol. The molecule has 1 N–H and O–H groups in total. The van der Waals surface area contributed by atoms with Gasteiger partial charge in [0.2, 0.25) is 0 Å². The zero-order valence-electron chi connectivity index (χ0n) is 8.21. The summed E-state index contributed by atoms with van der Waals surface area (Å²) in [5, 5.41) is 7.68. The monoisotopic (exact) mass is 180 g/mol. The molecule has 1 rings (SSSR count). The molecule has 0 fully saturated rings. The van der Waals surface area contributed by atoms with Gasteiger partial charge in [0.1, 0.15) is 5.76 Å². The lowest BCUT2D eigenvalue weighted by Gasteiger charge is -2.21. The van der Waals surface area contributed by atoms with Crippen LogP contribution in [0.4, 0.5) is 0 Å². The minimum atomic E-state index is 0.666. The molecule has 0 unspecified atom stereocenters. The van der Waals surface area contributed by atoms with E-state index in [1.54, 1.807) is 6.26 Å². The molecule has 0 amide bonds. The van der Waals surface area contributed by atoms with Crippen LogP contribution in [0, 0.1) is 5.41 Å². The second-order valence-corrected chi connectivity index (χ2v) is 2.89. The fourth-order valence-electron chi connectivity index (χ4n) is 1.21. The van der Waals surface area contributed by atoms with Gasteiger partial charge in [-0.15, -0.1) is 0 Å². The fourth-order valence-corrected chi connectivity index (χ4v) is 1.21. The maximum absolute atomic E-state index is 7.68. The van der Waals surface area contributed by atoms with Crippen LogP contribution in [-0.4, -0.2) is 17.3 Å². The van der Waals surface area contributed by atoms with Gasteiger partial charge in [0.15, 0.2) is 0 Å². The summed E-state index contributed by atoms with van der Waals surface area (Å²) in [6, 6.07) is 3.81. The highest BCUT2D eigenvalue weighted by Crippen LogP contribution is 2.06. The molecule has 0 saturated carbocycles. The largest absolute Gasteiger partial charge is 0.467 e. The van der Waals surface area contributed by atoms with Crippen LogP contribution in [0.15, 0.2) is 22.8 Å². The average Bonchev–Trinajstić information content (AvgIpc) is 2.65. The fraction of sp³-hybridized carbons (Fsp3) is 0.500. The Morgan fingerprint density at radius 1 is 1.54 bits per heavy atom. The Balaban J connectivity index is 2.54. The number of furan rings is 1. The molecule has 1 heterocycles. The molecule has 13 heavy (non-hydrogen) atoms. The van der Waals surface area contributed by atoms with Gasteiger partial charge in [0.25, 0.3) is 0 Å². The van der Waals surface area contributed by atoms with E-state index in [1.807, 2.05) is 30.9 Å². The van der Waals surface area contributed by atoms with Gasteiger partial charge in [-0.2, -0.15) is 0 Å². The Hall–Kier alpha value is -1.25. The standard InChI is InChI=1S/C10H16N2O/c1-3-10(11)12(4-2)8-9-6-5-7-13-9/h5-7,11H,3-4,8H2,1-2H3. The van der Waals surface area contributed by atoms with Crippen molar-refractivity contribution in [2.75, 3.05) is 6.54 Å². The lowest BCUT2D eigenvalue weighted by atomic mass is 10.3. The molecule has 0 saturated heterocycles. The third-order valence-corrected chi connectivity index (χ3v) is 2.03. The van der Waals surface area contributed by atoms with Gasteiger partial charge in [-0.1, -0.05) is 6.92 Å². The Morgan fingerprint density at radius 2 is 2.31 bits per heavy atom. The Labute approximate surface area is 78.9 Å². The summed E-state index contributed by atoms with van der Waals surface area (Å²) in [5.74, 6) is 1.58. The van der Waals surface area contributed by atoms with E-state index in [-0.39, 0.29) is 0 Å². The minimum Gasteiger partial charge on any atom is -0.467 e. The lowest BCUT2D eigenvalue weighted by Crippen LogP contribution is -2.28. The number of nitrogens with one attached hydrogen (secondary N) is 1. The third kappa shape index (κ3) is 2.61. The highest BCUT2D eigenvalue weighted by Gasteiger charge is 2.07. The van der Waals surface area contributed by atoms with Crippen molar-refractivity contribution in [1.82, 2.24) is 4.90 Å². The second kappa shape index (κ2) is 4.70. The Kier molecular flexibility index (Phi) is 3.55. The molecule has 0 aromatic carbocycles. The van der Waals surface area contributed by atoms with E-state index < -0.39 is 0 Å². The van der Waals surface area contributed by atoms with Crippen molar-refractivity contribution in [3.05, 3.63) is 24.2 Å². The summed E-state index contributed by atoms with van der Waals surface area (Å²) >= 11 is 0. The molecule has 0 bridgehead atoms. The molecule has 0 atom stereocenters. The number of rotatable bonds is 4. The summed E-state index contributed by atoms with van der Waals surface area (Å²) in [4.78, 5) is 2.00. The maximum Gasteiger partial charge on any atom is 0.123 e. The molecule has 3 heteroatoms. The van der Waals surface area contributed by atoms with Crippen LogP contribution in [0.5, 0.6) is 0 Å². The summed E-state index contributed by atoms with van der Waals surface area (Å²) in [6.07, 6.45) is 2.44. The van der Waals surface area contributed by atoms with Crippen molar-refractivity contribution in [3.8, 4) is 0 Å². The molecule has 3 nitrogen and oxygen atoms in total. The molecule has 0 radical (unpaired) electrons. The number of hydrogen-bond acceptors (Lipinski definition) is 2. The van der Waals surface area contributed by atoms with Gasteiger partial charge in [-0.25, -0.2) is 0 Å². The zero-order chi connectivity index (χ0) is 9.68. The van der Waals surface area contributed by atoms with Gasteiger partial charge in [-0.3, -0.25) is 5.41 Å². The van der Waals surface area contributed by atoms with Crippen LogP contribution in [0.25, 0.3) is 0 Å². The Morgan fingerprint density at radius 3 is 2.77 bits per heavy atom. The summed E-state index contributed by atoms with van der Waals surface area (Å²) in [5.41, 5.74) is 0. The van der Waals surface area contributed by atoms with Crippen LogP contribution in [0.3, 0.4) is 0 Å². The van der Waals surface area contributed by atoms with Crippen molar-refractivity contribution in [3.63, 3.8) is 0 Å². The number of hydrogen-bond donors (Lipinski definition) is 1. The molecule has 0 aliphatic heterocycles. The highest BCUT2D eigenvalue weighted by atomic mass is 16.3. The van der Waals surface area contributed by atoms with Crippen LogP contribution < -0.4 is 0 Å². The molecule has 0 aliphatic rings. The highest BCUT2D eigenvalue weighted by molar-refractivity contribution is 5.78. The predicted molar refractivity (Wildman–Crippen MR) is 52.8 cm³/mol. The van der Waals surface area contributed by atoms with Crippen LogP contribution in [-0.2, 0) is 6.54 Å². The second-order valence-electron chi connectivity index (χ2n) is 2.89. The van der Waals surface area contributed by atoms with Crippen molar-refractivity contribution < 1.29 is 4.42 Å². The van der Waals surface area contributed by atoms with Crippen LogP contribution in [0.2, 0.25) is 0 Å². The van der Waals surface area contributed by atoms with E-state index in [4.69, 9.17) is 9.83 Å². The van der Waals surface area contributed by atoms with Crippen molar-refractivity contribution in [1.29, 1.82) is 5.41 Å². The van der Waals surface area contributed by atoms with E-state index in [9.17, 15) is 0 Å². The van der Waals surface area contributed by atoms with Crippen LogP contribution >= 0.6 is 0 Å². The first-order valence-electron chi connectivity index (χ1n) is 4.62. The first-order valence-corrected chi connectivity index (χ1v) is 4.62. The lowest BCUT2D eigenvalue weighted by molar-refractivity contribution is 0.368. The Bertz CT molecular complexity index is 254. The number of amidine groups is 1. The van der Waals surface area contributed by atoms with E-state index in [1.165, 1.54) is 0 Å². The molecular weight excluding hydrogens is 164 g/mol. The first kappa shape index (κ1) is 9.84. The molecule has 1 aromatic heterocycles. The summed E-state index contributed by atoms with van der Waals surface area (Å²) in [6.45, 7) is 5.60. The molecular formula is C10H16N2O. The van der Waals surface area contributed by atoms with Crippen molar-refractivity contribution in [2.24, 2.45) is 0 Å². The molecule has 0 spiro atoms. The van der Waals surface area contributed by atoms with E-state index >= 15 is 0 Å². The molecule has 72 valence electrons. The van der Waals surface area contributed by atoms with Crippen LogP contribution in [0.1, 0.15) is 26.0 Å². The zero-order valence-corrected chi connectivity index (χ0v) is 8.21. The van der Waals surface area contributed by atoms with Crippen molar-refractivity contribution >= 4 is 5.84 Å². The SMILES string of the molecule is CCC(=N)N(CC)Cc1ccco1. The third-order valence-electron chi connectivity index (χ3n) is 2.03. The minimum absolute atomic E-state index is 0.666. The van der Waals surface area contributed by atoms with Gasteiger partial charge in [0, 0.05) is 13.0 Å². The molecule has 1 aromatic rings. The normalized spacial score (nSPS) is 10.0.